The van der Waals surface area contributed by atoms with E-state index >= 15 is 0 Å². The highest BCUT2D eigenvalue weighted by molar-refractivity contribution is 6.03. The summed E-state index contributed by atoms with van der Waals surface area (Å²) >= 11 is 0. The van der Waals surface area contributed by atoms with Gasteiger partial charge in [0.05, 0.1) is 18.3 Å². The maximum Gasteiger partial charge on any atom is 0.257 e. The largest absolute Gasteiger partial charge is 0.294 e. The van der Waals surface area contributed by atoms with Crippen LogP contribution in [0.1, 0.15) is 48.9 Å². The van der Waals surface area contributed by atoms with Crippen molar-refractivity contribution in [2.75, 3.05) is 19.6 Å². The molecule has 0 radical (unpaired) electrons. The minimum absolute atomic E-state index is 0.0107. The standard InChI is InChI=1S/C24H28FN3O/c1-17-10-12-27(13-11-17)16-24(29)28-23(19-6-8-21(25)9-7-19)15-22(26-28)20-5-3-4-18(2)14-20/h3-9,14,17,23H,10-13,15-16H2,1-2H3/t23-/m1/s1. The summed E-state index contributed by atoms with van der Waals surface area (Å²) in [6, 6.07) is 14.4. The van der Waals surface area contributed by atoms with Crippen molar-refractivity contribution in [2.45, 2.75) is 39.2 Å². The van der Waals surface area contributed by atoms with Crippen LogP contribution < -0.4 is 0 Å². The Morgan fingerprint density at radius 3 is 2.55 bits per heavy atom. The summed E-state index contributed by atoms with van der Waals surface area (Å²) in [4.78, 5) is 15.4. The van der Waals surface area contributed by atoms with Crippen molar-refractivity contribution >= 4 is 11.6 Å². The normalized spacial score (nSPS) is 20.7. The molecule has 0 spiro atoms. The molecule has 2 heterocycles. The molecule has 0 N–H and O–H groups in total. The highest BCUT2D eigenvalue weighted by atomic mass is 19.1. The zero-order valence-corrected chi connectivity index (χ0v) is 17.1. The fourth-order valence-corrected chi connectivity index (χ4v) is 4.17. The molecular weight excluding hydrogens is 365 g/mol. The summed E-state index contributed by atoms with van der Waals surface area (Å²) in [6.07, 6.45) is 2.90. The molecule has 1 fully saturated rings. The van der Waals surface area contributed by atoms with Gasteiger partial charge in [-0.2, -0.15) is 5.10 Å². The first-order valence-corrected chi connectivity index (χ1v) is 10.4. The Kier molecular flexibility index (Phi) is 5.76. The zero-order valence-electron chi connectivity index (χ0n) is 17.1. The molecule has 4 rings (SSSR count). The van der Waals surface area contributed by atoms with Crippen LogP contribution in [0.15, 0.2) is 53.6 Å². The van der Waals surface area contributed by atoms with E-state index in [0.717, 1.165) is 54.3 Å². The van der Waals surface area contributed by atoms with Gasteiger partial charge in [-0.1, -0.05) is 48.9 Å². The second-order valence-electron chi connectivity index (χ2n) is 8.38. The summed E-state index contributed by atoms with van der Waals surface area (Å²) in [6.45, 7) is 6.61. The van der Waals surface area contributed by atoms with Crippen molar-refractivity contribution in [3.63, 3.8) is 0 Å². The number of carbonyl (C=O) groups excluding carboxylic acids is 1. The number of likely N-dealkylation sites (tertiary alicyclic amines) is 1. The first-order chi connectivity index (χ1) is 14.0. The van der Waals surface area contributed by atoms with Crippen LogP contribution in [0, 0.1) is 18.7 Å². The van der Waals surface area contributed by atoms with Gasteiger partial charge in [0.25, 0.3) is 5.91 Å². The van der Waals surface area contributed by atoms with Gasteiger partial charge in [0.1, 0.15) is 5.82 Å². The number of nitrogens with zero attached hydrogens (tertiary/aromatic N) is 3. The molecular formula is C24H28FN3O. The van der Waals surface area contributed by atoms with Crippen molar-refractivity contribution < 1.29 is 9.18 Å². The van der Waals surface area contributed by atoms with E-state index in [9.17, 15) is 9.18 Å². The predicted octanol–water partition coefficient (Wildman–Crippen LogP) is 4.54. The Balaban J connectivity index is 1.58. The third-order valence-corrected chi connectivity index (χ3v) is 6.01. The van der Waals surface area contributed by atoms with E-state index in [4.69, 9.17) is 5.10 Å². The molecule has 1 saturated heterocycles. The van der Waals surface area contributed by atoms with Crippen LogP contribution in [-0.2, 0) is 4.79 Å². The maximum atomic E-state index is 13.4. The van der Waals surface area contributed by atoms with Crippen molar-refractivity contribution in [3.05, 3.63) is 71.0 Å². The predicted molar refractivity (Wildman–Crippen MR) is 113 cm³/mol. The Morgan fingerprint density at radius 2 is 1.86 bits per heavy atom. The van der Waals surface area contributed by atoms with E-state index in [0.29, 0.717) is 13.0 Å². The van der Waals surface area contributed by atoms with Crippen LogP contribution in [0.2, 0.25) is 0 Å². The number of hydrazone groups is 1. The van der Waals surface area contributed by atoms with E-state index in [1.54, 1.807) is 17.1 Å². The average Bonchev–Trinajstić information content (AvgIpc) is 3.16. The minimum Gasteiger partial charge on any atom is -0.294 e. The van der Waals surface area contributed by atoms with Gasteiger partial charge in [0, 0.05) is 6.42 Å². The zero-order chi connectivity index (χ0) is 20.4. The Labute approximate surface area is 172 Å². The molecule has 0 bridgehead atoms. The maximum absolute atomic E-state index is 13.4. The molecule has 2 aliphatic heterocycles. The highest BCUT2D eigenvalue weighted by Gasteiger charge is 2.34. The molecule has 29 heavy (non-hydrogen) atoms. The number of piperidine rings is 1. The van der Waals surface area contributed by atoms with Gasteiger partial charge in [0.2, 0.25) is 0 Å². The monoisotopic (exact) mass is 393 g/mol. The van der Waals surface area contributed by atoms with Gasteiger partial charge >= 0.3 is 0 Å². The first kappa shape index (κ1) is 19.8. The molecule has 2 aromatic carbocycles. The molecule has 2 aromatic rings. The van der Waals surface area contributed by atoms with Crippen molar-refractivity contribution in [2.24, 2.45) is 11.0 Å². The Morgan fingerprint density at radius 1 is 1.14 bits per heavy atom. The summed E-state index contributed by atoms with van der Waals surface area (Å²) in [5, 5.41) is 6.37. The van der Waals surface area contributed by atoms with E-state index in [1.807, 2.05) is 12.1 Å². The summed E-state index contributed by atoms with van der Waals surface area (Å²) in [5.74, 6) is 0.467. The molecule has 0 aliphatic carbocycles. The third-order valence-electron chi connectivity index (χ3n) is 6.01. The third kappa shape index (κ3) is 4.56. The van der Waals surface area contributed by atoms with Gasteiger partial charge in [-0.05, 0) is 62.0 Å². The van der Waals surface area contributed by atoms with Crippen LogP contribution in [0.3, 0.4) is 0 Å². The van der Waals surface area contributed by atoms with E-state index < -0.39 is 0 Å². The summed E-state index contributed by atoms with van der Waals surface area (Å²) in [5.41, 5.74) is 4.03. The number of hydrogen-bond acceptors (Lipinski definition) is 3. The summed E-state index contributed by atoms with van der Waals surface area (Å²) < 4.78 is 13.4. The molecule has 0 aromatic heterocycles. The number of benzene rings is 2. The number of amides is 1. The molecule has 2 aliphatic rings. The van der Waals surface area contributed by atoms with Gasteiger partial charge in [0.15, 0.2) is 0 Å². The van der Waals surface area contributed by atoms with Crippen LogP contribution >= 0.6 is 0 Å². The molecule has 0 unspecified atom stereocenters. The lowest BCUT2D eigenvalue weighted by atomic mass is 9.97. The van der Waals surface area contributed by atoms with E-state index in [1.165, 1.54) is 12.1 Å². The van der Waals surface area contributed by atoms with Gasteiger partial charge in [-0.3, -0.25) is 9.69 Å². The smallest absolute Gasteiger partial charge is 0.257 e. The number of carbonyl (C=O) groups is 1. The Bertz CT molecular complexity index is 901. The van der Waals surface area contributed by atoms with Crippen molar-refractivity contribution in [1.29, 1.82) is 0 Å². The molecule has 4 nitrogen and oxygen atoms in total. The molecule has 0 saturated carbocycles. The van der Waals surface area contributed by atoms with Crippen molar-refractivity contribution in [1.82, 2.24) is 9.91 Å². The summed E-state index contributed by atoms with van der Waals surface area (Å²) in [7, 11) is 0. The molecule has 1 amide bonds. The molecule has 152 valence electrons. The van der Waals surface area contributed by atoms with Crippen LogP contribution in [0.25, 0.3) is 0 Å². The number of hydrogen-bond donors (Lipinski definition) is 0. The molecule has 1 atom stereocenters. The lowest BCUT2D eigenvalue weighted by Gasteiger charge is -2.31. The topological polar surface area (TPSA) is 35.9 Å². The van der Waals surface area contributed by atoms with Crippen LogP contribution in [-0.4, -0.2) is 41.2 Å². The Hall–Kier alpha value is -2.53. The van der Waals surface area contributed by atoms with Gasteiger partial charge in [-0.15, -0.1) is 0 Å². The first-order valence-electron chi connectivity index (χ1n) is 10.4. The van der Waals surface area contributed by atoms with Crippen LogP contribution in [0.4, 0.5) is 4.39 Å². The second-order valence-corrected chi connectivity index (χ2v) is 8.38. The number of halogens is 1. The fourth-order valence-electron chi connectivity index (χ4n) is 4.17. The second kappa shape index (κ2) is 8.46. The van der Waals surface area contributed by atoms with Gasteiger partial charge in [-0.25, -0.2) is 9.40 Å². The molecule has 5 heteroatoms. The van der Waals surface area contributed by atoms with Gasteiger partial charge < -0.3 is 0 Å². The quantitative estimate of drug-likeness (QED) is 0.764. The lowest BCUT2D eigenvalue weighted by Crippen LogP contribution is -2.41. The van der Waals surface area contributed by atoms with Crippen LogP contribution in [0.5, 0.6) is 0 Å². The minimum atomic E-state index is -0.271. The highest BCUT2D eigenvalue weighted by Crippen LogP contribution is 2.33. The number of rotatable bonds is 4. The lowest BCUT2D eigenvalue weighted by molar-refractivity contribution is -0.134. The number of aryl methyl sites for hydroxylation is 1. The average molecular weight is 394 g/mol. The van der Waals surface area contributed by atoms with E-state index in [-0.39, 0.29) is 17.8 Å². The van der Waals surface area contributed by atoms with E-state index in [2.05, 4.69) is 30.9 Å². The van der Waals surface area contributed by atoms with Crippen molar-refractivity contribution in [3.8, 4) is 0 Å². The SMILES string of the molecule is Cc1cccc(C2=NN(C(=O)CN3CCC(C)CC3)[C@@H](c3ccc(F)cc3)C2)c1. The fraction of sp³-hybridized carbons (Fsp3) is 0.417.